The smallest absolute Gasteiger partial charge is 0.332 e. The molecule has 0 radical (unpaired) electrons. The molecule has 2 atom stereocenters. The van der Waals surface area contributed by atoms with Crippen LogP contribution < -0.4 is 5.32 Å². The van der Waals surface area contributed by atoms with Crippen molar-refractivity contribution in [2.75, 3.05) is 5.32 Å². The van der Waals surface area contributed by atoms with Crippen LogP contribution in [0.5, 0.6) is 0 Å². The second-order valence-corrected chi connectivity index (χ2v) is 4.09. The van der Waals surface area contributed by atoms with Crippen molar-refractivity contribution in [2.45, 2.75) is 25.0 Å². The Morgan fingerprint density at radius 3 is 2.81 bits per heavy atom. The lowest BCUT2D eigenvalue weighted by Crippen LogP contribution is -2.29. The van der Waals surface area contributed by atoms with E-state index in [-0.39, 0.29) is 5.91 Å². The van der Waals surface area contributed by atoms with E-state index in [0.29, 0.717) is 17.8 Å². The lowest BCUT2D eigenvalue weighted by atomic mass is 10.2. The number of hydrogen-bond donors (Lipinski definition) is 2. The predicted molar refractivity (Wildman–Crippen MR) is 54.1 cm³/mol. The first-order valence-electron chi connectivity index (χ1n) is 4.63. The number of carboxylic acid groups (broad SMARTS) is 1. The maximum atomic E-state index is 11.6. The molecule has 7 nitrogen and oxygen atoms in total. The van der Waals surface area contributed by atoms with Crippen LogP contribution in [0.1, 0.15) is 12.8 Å². The molecule has 0 spiro atoms. The van der Waals surface area contributed by atoms with Crippen LogP contribution in [0.3, 0.4) is 0 Å². The number of carbonyl (C=O) groups excluding carboxylic acids is 1. The second-order valence-electron chi connectivity index (χ2n) is 3.30. The van der Waals surface area contributed by atoms with Crippen LogP contribution in [0.2, 0.25) is 0 Å². The van der Waals surface area contributed by atoms with Crippen LogP contribution in [-0.4, -0.2) is 38.8 Å². The summed E-state index contributed by atoms with van der Waals surface area (Å²) < 4.78 is 8.67. The van der Waals surface area contributed by atoms with Crippen molar-refractivity contribution in [1.82, 2.24) is 9.59 Å². The number of anilines is 1. The quantitative estimate of drug-likeness (QED) is 0.781. The van der Waals surface area contributed by atoms with E-state index >= 15 is 0 Å². The molecule has 16 heavy (non-hydrogen) atoms. The molecule has 2 heterocycles. The molecular weight excluding hydrogens is 234 g/mol. The Kier molecular flexibility index (Phi) is 3.11. The minimum Gasteiger partial charge on any atom is -0.479 e. The lowest BCUT2D eigenvalue weighted by molar-refractivity contribution is -0.150. The van der Waals surface area contributed by atoms with Gasteiger partial charge in [-0.15, -0.1) is 5.10 Å². The largest absolute Gasteiger partial charge is 0.479 e. The molecule has 2 rings (SSSR count). The average molecular weight is 243 g/mol. The summed E-state index contributed by atoms with van der Waals surface area (Å²) in [5, 5.41) is 15.3. The Morgan fingerprint density at radius 2 is 2.25 bits per heavy atom. The number of aromatic nitrogens is 2. The molecule has 1 amide bonds. The van der Waals surface area contributed by atoms with Gasteiger partial charge in [0, 0.05) is 11.5 Å². The van der Waals surface area contributed by atoms with Gasteiger partial charge in [-0.05, 0) is 12.8 Å². The van der Waals surface area contributed by atoms with E-state index in [1.165, 1.54) is 6.20 Å². The van der Waals surface area contributed by atoms with Crippen LogP contribution in [0, 0.1) is 0 Å². The number of hydrogen-bond acceptors (Lipinski definition) is 6. The standard InChI is InChI=1S/C8H9N3O4S/c12-7(10-6-3-9-11-16-6)4-1-2-5(15-4)8(13)14/h3-5H,1-2H2,(H,10,12)(H,13,14). The number of amides is 1. The molecule has 1 aliphatic heterocycles. The van der Waals surface area contributed by atoms with Gasteiger partial charge in [0.25, 0.3) is 5.91 Å². The fourth-order valence-corrected chi connectivity index (χ4v) is 1.86. The van der Waals surface area contributed by atoms with Gasteiger partial charge in [-0.1, -0.05) is 4.49 Å². The Labute approximate surface area is 94.6 Å². The minimum atomic E-state index is -1.03. The fourth-order valence-electron chi connectivity index (χ4n) is 1.44. The molecule has 1 aromatic heterocycles. The van der Waals surface area contributed by atoms with E-state index in [4.69, 9.17) is 9.84 Å². The number of rotatable bonds is 3. The Bertz CT molecular complexity index is 394. The minimum absolute atomic E-state index is 0.352. The number of nitrogens with zero attached hydrogens (tertiary/aromatic N) is 2. The highest BCUT2D eigenvalue weighted by Gasteiger charge is 2.34. The highest BCUT2D eigenvalue weighted by Crippen LogP contribution is 2.21. The van der Waals surface area contributed by atoms with Gasteiger partial charge in [-0.25, -0.2) is 4.79 Å². The van der Waals surface area contributed by atoms with Crippen LogP contribution in [0.4, 0.5) is 5.00 Å². The molecule has 0 bridgehead atoms. The summed E-state index contributed by atoms with van der Waals surface area (Å²) in [6.45, 7) is 0. The van der Waals surface area contributed by atoms with Crippen molar-refractivity contribution in [3.05, 3.63) is 6.20 Å². The topological polar surface area (TPSA) is 101 Å². The molecule has 0 saturated carbocycles. The van der Waals surface area contributed by atoms with Crippen LogP contribution in [0.25, 0.3) is 0 Å². The zero-order valence-electron chi connectivity index (χ0n) is 8.12. The molecule has 86 valence electrons. The van der Waals surface area contributed by atoms with Crippen LogP contribution in [0.15, 0.2) is 6.20 Å². The van der Waals surface area contributed by atoms with E-state index < -0.39 is 18.2 Å². The van der Waals surface area contributed by atoms with Crippen molar-refractivity contribution < 1.29 is 19.4 Å². The molecule has 0 aromatic carbocycles. The Balaban J connectivity index is 1.90. The van der Waals surface area contributed by atoms with E-state index in [2.05, 4.69) is 14.9 Å². The first-order chi connectivity index (χ1) is 7.66. The Morgan fingerprint density at radius 1 is 1.50 bits per heavy atom. The van der Waals surface area contributed by atoms with Crippen LogP contribution in [-0.2, 0) is 14.3 Å². The molecular formula is C8H9N3O4S. The van der Waals surface area contributed by atoms with Gasteiger partial charge in [0.05, 0.1) is 6.20 Å². The molecule has 1 fully saturated rings. The lowest BCUT2D eigenvalue weighted by Gasteiger charge is -2.09. The molecule has 1 aliphatic rings. The number of aliphatic carboxylic acids is 1. The van der Waals surface area contributed by atoms with Crippen molar-refractivity contribution in [2.24, 2.45) is 0 Å². The first kappa shape index (κ1) is 11.0. The fraction of sp³-hybridized carbons (Fsp3) is 0.500. The summed E-state index contributed by atoms with van der Waals surface area (Å²) in [6, 6.07) is 0. The van der Waals surface area contributed by atoms with E-state index in [0.717, 1.165) is 11.5 Å². The van der Waals surface area contributed by atoms with Crippen LogP contribution >= 0.6 is 11.5 Å². The van der Waals surface area contributed by atoms with E-state index in [1.807, 2.05) is 0 Å². The van der Waals surface area contributed by atoms with Gasteiger partial charge in [0.15, 0.2) is 6.10 Å². The van der Waals surface area contributed by atoms with Gasteiger partial charge < -0.3 is 15.2 Å². The second kappa shape index (κ2) is 4.54. The summed E-state index contributed by atoms with van der Waals surface area (Å²) in [5.41, 5.74) is 0. The SMILES string of the molecule is O=C(O)C1CCC(C(=O)Nc2cnns2)O1. The highest BCUT2D eigenvalue weighted by atomic mass is 32.1. The highest BCUT2D eigenvalue weighted by molar-refractivity contribution is 7.10. The van der Waals surface area contributed by atoms with Crippen molar-refractivity contribution >= 4 is 28.4 Å². The molecule has 1 saturated heterocycles. The van der Waals surface area contributed by atoms with Gasteiger partial charge in [-0.2, -0.15) is 0 Å². The zero-order chi connectivity index (χ0) is 11.5. The molecule has 1 aromatic rings. The Hall–Kier alpha value is -1.54. The van der Waals surface area contributed by atoms with Crippen molar-refractivity contribution in [3.63, 3.8) is 0 Å². The first-order valence-corrected chi connectivity index (χ1v) is 5.40. The van der Waals surface area contributed by atoms with Gasteiger partial charge in [-0.3, -0.25) is 4.79 Å². The van der Waals surface area contributed by atoms with Crippen molar-refractivity contribution in [3.8, 4) is 0 Å². The third-order valence-electron chi connectivity index (χ3n) is 2.20. The molecule has 8 heteroatoms. The number of carbonyl (C=O) groups is 2. The average Bonchev–Trinajstić information content (AvgIpc) is 2.86. The van der Waals surface area contributed by atoms with Gasteiger partial charge in [0.1, 0.15) is 11.1 Å². The summed E-state index contributed by atoms with van der Waals surface area (Å²) in [5.74, 6) is -1.38. The zero-order valence-corrected chi connectivity index (χ0v) is 8.94. The summed E-state index contributed by atoms with van der Waals surface area (Å²) in [7, 11) is 0. The third kappa shape index (κ3) is 2.34. The third-order valence-corrected chi connectivity index (χ3v) is 2.78. The maximum Gasteiger partial charge on any atom is 0.332 e. The molecule has 0 aliphatic carbocycles. The number of ether oxygens (including phenoxy) is 1. The van der Waals surface area contributed by atoms with Gasteiger partial charge >= 0.3 is 5.97 Å². The van der Waals surface area contributed by atoms with E-state index in [9.17, 15) is 9.59 Å². The predicted octanol–water partition coefficient (Wildman–Crippen LogP) is 0.109. The summed E-state index contributed by atoms with van der Waals surface area (Å²) >= 11 is 1.05. The molecule has 2 unspecified atom stereocenters. The summed E-state index contributed by atoms with van der Waals surface area (Å²) in [6.07, 6.45) is 0.605. The summed E-state index contributed by atoms with van der Waals surface area (Å²) in [4.78, 5) is 22.2. The number of nitrogens with one attached hydrogen (secondary N) is 1. The monoisotopic (exact) mass is 243 g/mol. The van der Waals surface area contributed by atoms with E-state index in [1.54, 1.807) is 0 Å². The molecule has 2 N–H and O–H groups in total. The van der Waals surface area contributed by atoms with Crippen molar-refractivity contribution in [1.29, 1.82) is 0 Å². The number of carboxylic acids is 1. The van der Waals surface area contributed by atoms with Gasteiger partial charge in [0.2, 0.25) is 0 Å². The maximum absolute atomic E-state index is 11.6. The normalized spacial score (nSPS) is 24.2.